The van der Waals surface area contributed by atoms with Gasteiger partial charge in [0.15, 0.2) is 11.7 Å². The number of thiazole rings is 1. The van der Waals surface area contributed by atoms with Gasteiger partial charge in [-0.1, -0.05) is 12.1 Å². The molecule has 2 aromatic rings. The third-order valence-corrected chi connectivity index (χ3v) is 3.04. The van der Waals surface area contributed by atoms with Crippen LogP contribution in [0.5, 0.6) is 5.75 Å². The van der Waals surface area contributed by atoms with Crippen LogP contribution in [0.1, 0.15) is 5.56 Å². The summed E-state index contributed by atoms with van der Waals surface area (Å²) in [5.74, 6) is 0.461. The van der Waals surface area contributed by atoms with E-state index in [1.54, 1.807) is 11.6 Å². The number of aromatic nitrogens is 1. The molecule has 0 spiro atoms. The lowest BCUT2D eigenvalue weighted by Gasteiger charge is -2.06. The van der Waals surface area contributed by atoms with E-state index in [0.717, 1.165) is 6.54 Å². The van der Waals surface area contributed by atoms with Crippen molar-refractivity contribution in [2.45, 2.75) is 6.54 Å². The molecule has 100 valence electrons. The summed E-state index contributed by atoms with van der Waals surface area (Å²) in [5, 5.41) is 8.11. The van der Waals surface area contributed by atoms with Crippen LogP contribution in [0.2, 0.25) is 0 Å². The van der Waals surface area contributed by atoms with Crippen LogP contribution < -0.4 is 15.4 Å². The molecule has 2 N–H and O–H groups in total. The normalized spacial score (nSPS) is 10.2. The van der Waals surface area contributed by atoms with E-state index >= 15 is 0 Å². The van der Waals surface area contributed by atoms with Crippen LogP contribution in [0, 0.1) is 0 Å². The summed E-state index contributed by atoms with van der Waals surface area (Å²) in [4.78, 5) is 15.5. The first-order valence-electron chi connectivity index (χ1n) is 5.83. The molecule has 6 heteroatoms. The molecule has 1 aromatic heterocycles. The predicted octanol–water partition coefficient (Wildman–Crippen LogP) is 1.88. The second kappa shape index (κ2) is 6.86. The SMILES string of the molecule is CNCc1ccc(OCC(=O)Nc2nccs2)cc1. The average Bonchev–Trinajstić information content (AvgIpc) is 2.91. The Hall–Kier alpha value is -1.92. The third kappa shape index (κ3) is 4.35. The van der Waals surface area contributed by atoms with Crippen molar-refractivity contribution < 1.29 is 9.53 Å². The van der Waals surface area contributed by atoms with Crippen molar-refractivity contribution in [2.75, 3.05) is 19.0 Å². The topological polar surface area (TPSA) is 63.2 Å². The van der Waals surface area contributed by atoms with Crippen LogP contribution in [0.3, 0.4) is 0 Å². The van der Waals surface area contributed by atoms with Gasteiger partial charge < -0.3 is 10.1 Å². The van der Waals surface area contributed by atoms with Gasteiger partial charge in [0.25, 0.3) is 5.91 Å². The molecule has 0 fully saturated rings. The molecule has 1 heterocycles. The van der Waals surface area contributed by atoms with Crippen LogP contribution in [0.4, 0.5) is 5.13 Å². The molecular weight excluding hydrogens is 262 g/mol. The summed E-state index contributed by atoms with van der Waals surface area (Å²) in [6.07, 6.45) is 1.64. The van der Waals surface area contributed by atoms with Crippen LogP contribution in [-0.4, -0.2) is 24.5 Å². The number of carbonyl (C=O) groups is 1. The Morgan fingerprint density at radius 3 is 2.79 bits per heavy atom. The number of benzene rings is 1. The number of nitrogens with zero attached hydrogens (tertiary/aromatic N) is 1. The number of amides is 1. The van der Waals surface area contributed by atoms with Gasteiger partial charge >= 0.3 is 0 Å². The number of rotatable bonds is 6. The maximum Gasteiger partial charge on any atom is 0.264 e. The number of ether oxygens (including phenoxy) is 1. The molecule has 0 saturated heterocycles. The molecule has 0 bridgehead atoms. The molecule has 0 aliphatic carbocycles. The Kier molecular flexibility index (Phi) is 4.88. The molecular formula is C13H15N3O2S. The zero-order valence-corrected chi connectivity index (χ0v) is 11.4. The first-order chi connectivity index (χ1) is 9.28. The van der Waals surface area contributed by atoms with Crippen molar-refractivity contribution in [3.63, 3.8) is 0 Å². The van der Waals surface area contributed by atoms with E-state index < -0.39 is 0 Å². The van der Waals surface area contributed by atoms with Crippen molar-refractivity contribution in [2.24, 2.45) is 0 Å². The van der Waals surface area contributed by atoms with E-state index in [1.807, 2.05) is 31.3 Å². The molecule has 1 aromatic carbocycles. The highest BCUT2D eigenvalue weighted by atomic mass is 32.1. The molecule has 0 saturated carbocycles. The number of hydrogen-bond acceptors (Lipinski definition) is 5. The van der Waals surface area contributed by atoms with E-state index in [0.29, 0.717) is 10.9 Å². The van der Waals surface area contributed by atoms with Gasteiger partial charge in [-0.15, -0.1) is 11.3 Å². The van der Waals surface area contributed by atoms with Crippen LogP contribution in [0.15, 0.2) is 35.8 Å². The fourth-order valence-corrected chi connectivity index (χ4v) is 2.04. The minimum Gasteiger partial charge on any atom is -0.484 e. The highest BCUT2D eigenvalue weighted by Crippen LogP contribution is 2.13. The lowest BCUT2D eigenvalue weighted by molar-refractivity contribution is -0.118. The number of carbonyl (C=O) groups excluding carboxylic acids is 1. The standard InChI is InChI=1S/C13H15N3O2S/c1-14-8-10-2-4-11(5-3-10)18-9-12(17)16-13-15-6-7-19-13/h2-7,14H,8-9H2,1H3,(H,15,16,17). The monoisotopic (exact) mass is 277 g/mol. The van der Waals surface area contributed by atoms with Gasteiger partial charge in [0, 0.05) is 18.1 Å². The van der Waals surface area contributed by atoms with Crippen molar-refractivity contribution in [3.8, 4) is 5.75 Å². The maximum absolute atomic E-state index is 11.6. The summed E-state index contributed by atoms with van der Waals surface area (Å²) in [6.45, 7) is 0.787. The lowest BCUT2D eigenvalue weighted by atomic mass is 10.2. The molecule has 5 nitrogen and oxygen atoms in total. The summed E-state index contributed by atoms with van der Waals surface area (Å²) >= 11 is 1.37. The van der Waals surface area contributed by atoms with Crippen LogP contribution in [0.25, 0.3) is 0 Å². The predicted molar refractivity (Wildman–Crippen MR) is 75.4 cm³/mol. The molecule has 0 atom stereocenters. The summed E-state index contributed by atoms with van der Waals surface area (Å²) in [6, 6.07) is 7.63. The van der Waals surface area contributed by atoms with Gasteiger partial charge in [-0.3, -0.25) is 10.1 Å². The minimum atomic E-state index is -0.214. The van der Waals surface area contributed by atoms with Crippen LogP contribution >= 0.6 is 11.3 Å². The third-order valence-electron chi connectivity index (χ3n) is 2.35. The number of hydrogen-bond donors (Lipinski definition) is 2. The average molecular weight is 277 g/mol. The van der Waals surface area contributed by atoms with E-state index in [2.05, 4.69) is 15.6 Å². The number of anilines is 1. The van der Waals surface area contributed by atoms with E-state index in [-0.39, 0.29) is 12.5 Å². The molecule has 0 aliphatic rings. The van der Waals surface area contributed by atoms with E-state index in [4.69, 9.17) is 4.74 Å². The van der Waals surface area contributed by atoms with Crippen molar-refractivity contribution >= 4 is 22.4 Å². The first kappa shape index (κ1) is 13.5. The summed E-state index contributed by atoms with van der Waals surface area (Å²) in [7, 11) is 1.90. The Labute approximate surface area is 115 Å². The Balaban J connectivity index is 1.79. The fourth-order valence-electron chi connectivity index (χ4n) is 1.50. The molecule has 19 heavy (non-hydrogen) atoms. The Bertz CT molecular complexity index is 511. The van der Waals surface area contributed by atoms with Gasteiger partial charge in [0.1, 0.15) is 5.75 Å². The Morgan fingerprint density at radius 1 is 1.37 bits per heavy atom. The summed E-state index contributed by atoms with van der Waals surface area (Å²) in [5.41, 5.74) is 1.17. The van der Waals surface area contributed by atoms with Crippen molar-refractivity contribution in [1.82, 2.24) is 10.3 Å². The first-order valence-corrected chi connectivity index (χ1v) is 6.71. The summed E-state index contributed by atoms with van der Waals surface area (Å²) < 4.78 is 5.39. The molecule has 0 unspecified atom stereocenters. The lowest BCUT2D eigenvalue weighted by Crippen LogP contribution is -2.20. The van der Waals surface area contributed by atoms with E-state index in [9.17, 15) is 4.79 Å². The van der Waals surface area contributed by atoms with Gasteiger partial charge in [0.2, 0.25) is 0 Å². The number of nitrogens with one attached hydrogen (secondary N) is 2. The Morgan fingerprint density at radius 2 is 2.16 bits per heavy atom. The highest BCUT2D eigenvalue weighted by Gasteiger charge is 2.05. The van der Waals surface area contributed by atoms with Crippen molar-refractivity contribution in [1.29, 1.82) is 0 Å². The smallest absolute Gasteiger partial charge is 0.264 e. The highest BCUT2D eigenvalue weighted by molar-refractivity contribution is 7.13. The van der Waals surface area contributed by atoms with Crippen molar-refractivity contribution in [3.05, 3.63) is 41.4 Å². The van der Waals surface area contributed by atoms with Gasteiger partial charge in [-0.05, 0) is 24.7 Å². The fraction of sp³-hybridized carbons (Fsp3) is 0.231. The quantitative estimate of drug-likeness (QED) is 0.846. The van der Waals surface area contributed by atoms with Crippen LogP contribution in [-0.2, 0) is 11.3 Å². The zero-order valence-electron chi connectivity index (χ0n) is 10.6. The zero-order chi connectivity index (χ0) is 13.5. The molecule has 0 radical (unpaired) electrons. The molecule has 2 rings (SSSR count). The maximum atomic E-state index is 11.6. The minimum absolute atomic E-state index is 0.0229. The van der Waals surface area contributed by atoms with Gasteiger partial charge in [-0.25, -0.2) is 4.98 Å². The second-order valence-corrected chi connectivity index (χ2v) is 4.74. The second-order valence-electron chi connectivity index (χ2n) is 3.85. The molecule has 0 aliphatic heterocycles. The largest absolute Gasteiger partial charge is 0.484 e. The molecule has 1 amide bonds. The van der Waals surface area contributed by atoms with E-state index in [1.165, 1.54) is 16.9 Å². The van der Waals surface area contributed by atoms with Gasteiger partial charge in [-0.2, -0.15) is 0 Å². The van der Waals surface area contributed by atoms with Gasteiger partial charge in [0.05, 0.1) is 0 Å².